The second-order valence-electron chi connectivity index (χ2n) is 3.16. The Balaban J connectivity index is 2.04. The molecule has 0 aromatic heterocycles. The lowest BCUT2D eigenvalue weighted by molar-refractivity contribution is 0.601. The number of hydrogen-bond acceptors (Lipinski definition) is 2. The topological polar surface area (TPSA) is 12.0 Å². The fourth-order valence-electron chi connectivity index (χ4n) is 1.45. The molecular formula is C10H12FNS. The molecule has 70 valence electrons. The summed E-state index contributed by atoms with van der Waals surface area (Å²) in [7, 11) is 0. The van der Waals surface area contributed by atoms with Gasteiger partial charge in [0.1, 0.15) is 5.82 Å². The summed E-state index contributed by atoms with van der Waals surface area (Å²) >= 11 is 1.64. The predicted molar refractivity (Wildman–Crippen MR) is 53.5 cm³/mol. The van der Waals surface area contributed by atoms with Crippen molar-refractivity contribution in [3.63, 3.8) is 0 Å². The van der Waals surface area contributed by atoms with Crippen LogP contribution in [0.15, 0.2) is 29.2 Å². The molecule has 0 aliphatic carbocycles. The van der Waals surface area contributed by atoms with Crippen LogP contribution in [0.25, 0.3) is 0 Å². The summed E-state index contributed by atoms with van der Waals surface area (Å²) in [5, 5.41) is 3.81. The van der Waals surface area contributed by atoms with E-state index in [0.29, 0.717) is 5.25 Å². The van der Waals surface area contributed by atoms with Crippen LogP contribution >= 0.6 is 11.8 Å². The molecule has 1 fully saturated rings. The van der Waals surface area contributed by atoms with Crippen molar-refractivity contribution in [3.05, 3.63) is 30.1 Å². The van der Waals surface area contributed by atoms with E-state index in [0.717, 1.165) is 24.4 Å². The van der Waals surface area contributed by atoms with Gasteiger partial charge in [-0.2, -0.15) is 0 Å². The van der Waals surface area contributed by atoms with E-state index in [1.54, 1.807) is 17.8 Å². The summed E-state index contributed by atoms with van der Waals surface area (Å²) in [6.07, 6.45) is 1.14. The van der Waals surface area contributed by atoms with Gasteiger partial charge in [0.25, 0.3) is 0 Å². The Morgan fingerprint density at radius 1 is 1.38 bits per heavy atom. The van der Waals surface area contributed by atoms with E-state index in [2.05, 4.69) is 5.32 Å². The number of hydrogen-bond donors (Lipinski definition) is 1. The maximum absolute atomic E-state index is 13.2. The lowest BCUT2D eigenvalue weighted by atomic mass is 10.3. The molecule has 1 aromatic rings. The summed E-state index contributed by atoms with van der Waals surface area (Å²) < 4.78 is 13.2. The first-order valence-electron chi connectivity index (χ1n) is 4.48. The van der Waals surface area contributed by atoms with Crippen LogP contribution in [0.4, 0.5) is 4.39 Å². The SMILES string of the molecule is Fc1ccccc1S[C@H]1CCNC1. The van der Waals surface area contributed by atoms with E-state index in [1.165, 1.54) is 6.07 Å². The first-order valence-corrected chi connectivity index (χ1v) is 5.36. The molecule has 1 aliphatic heterocycles. The molecule has 0 amide bonds. The maximum Gasteiger partial charge on any atom is 0.136 e. The Labute approximate surface area is 81.7 Å². The van der Waals surface area contributed by atoms with Crippen molar-refractivity contribution in [2.75, 3.05) is 13.1 Å². The maximum atomic E-state index is 13.2. The summed E-state index contributed by atoms with van der Waals surface area (Å²) in [5.74, 6) is -0.0978. The van der Waals surface area contributed by atoms with Crippen LogP contribution in [0.3, 0.4) is 0 Å². The minimum Gasteiger partial charge on any atom is -0.316 e. The molecule has 0 bridgehead atoms. The summed E-state index contributed by atoms with van der Waals surface area (Å²) in [6, 6.07) is 6.98. The van der Waals surface area contributed by atoms with Crippen molar-refractivity contribution in [1.29, 1.82) is 0 Å². The highest BCUT2D eigenvalue weighted by atomic mass is 32.2. The minimum absolute atomic E-state index is 0.0978. The third-order valence-corrected chi connectivity index (χ3v) is 3.47. The zero-order chi connectivity index (χ0) is 9.10. The zero-order valence-corrected chi connectivity index (χ0v) is 8.11. The Kier molecular flexibility index (Phi) is 2.86. The molecule has 1 aromatic carbocycles. The summed E-state index contributed by atoms with van der Waals surface area (Å²) in [5.41, 5.74) is 0. The number of benzene rings is 1. The molecule has 1 N–H and O–H groups in total. The lowest BCUT2D eigenvalue weighted by Gasteiger charge is -2.07. The van der Waals surface area contributed by atoms with E-state index >= 15 is 0 Å². The monoisotopic (exact) mass is 197 g/mol. The van der Waals surface area contributed by atoms with Gasteiger partial charge in [-0.3, -0.25) is 0 Å². The molecule has 2 rings (SSSR count). The van der Waals surface area contributed by atoms with Crippen LogP contribution < -0.4 is 5.32 Å². The standard InChI is InChI=1S/C10H12FNS/c11-9-3-1-2-4-10(9)13-8-5-6-12-7-8/h1-4,8,12H,5-7H2/t8-/m0/s1. The average molecular weight is 197 g/mol. The van der Waals surface area contributed by atoms with E-state index in [4.69, 9.17) is 0 Å². The zero-order valence-electron chi connectivity index (χ0n) is 7.29. The highest BCUT2D eigenvalue weighted by Gasteiger charge is 2.16. The third kappa shape index (κ3) is 2.23. The molecule has 1 saturated heterocycles. The van der Waals surface area contributed by atoms with Crippen LogP contribution in [0.1, 0.15) is 6.42 Å². The van der Waals surface area contributed by atoms with Crippen LogP contribution in [0.2, 0.25) is 0 Å². The number of halogens is 1. The quantitative estimate of drug-likeness (QED) is 0.780. The van der Waals surface area contributed by atoms with Crippen LogP contribution in [-0.4, -0.2) is 18.3 Å². The molecule has 1 heterocycles. The summed E-state index contributed by atoms with van der Waals surface area (Å²) in [6.45, 7) is 2.06. The normalized spacial score (nSPS) is 22.1. The van der Waals surface area contributed by atoms with Crippen LogP contribution in [0, 0.1) is 5.82 Å². The largest absolute Gasteiger partial charge is 0.316 e. The molecule has 0 radical (unpaired) electrons. The van der Waals surface area contributed by atoms with E-state index < -0.39 is 0 Å². The van der Waals surface area contributed by atoms with Crippen molar-refractivity contribution in [1.82, 2.24) is 5.32 Å². The molecule has 0 saturated carbocycles. The molecular weight excluding hydrogens is 185 g/mol. The van der Waals surface area contributed by atoms with Gasteiger partial charge in [0.05, 0.1) is 0 Å². The van der Waals surface area contributed by atoms with E-state index in [9.17, 15) is 4.39 Å². The van der Waals surface area contributed by atoms with Crippen molar-refractivity contribution >= 4 is 11.8 Å². The molecule has 1 atom stereocenters. The first-order chi connectivity index (χ1) is 6.36. The Bertz CT molecular complexity index is 284. The predicted octanol–water partition coefficient (Wildman–Crippen LogP) is 2.28. The fourth-order valence-corrected chi connectivity index (χ4v) is 2.58. The minimum atomic E-state index is -0.0978. The second kappa shape index (κ2) is 4.11. The van der Waals surface area contributed by atoms with Gasteiger partial charge >= 0.3 is 0 Å². The third-order valence-electron chi connectivity index (χ3n) is 2.15. The van der Waals surface area contributed by atoms with Crippen molar-refractivity contribution in [2.45, 2.75) is 16.6 Å². The van der Waals surface area contributed by atoms with Crippen molar-refractivity contribution in [3.8, 4) is 0 Å². The Morgan fingerprint density at radius 3 is 2.92 bits per heavy atom. The van der Waals surface area contributed by atoms with E-state index in [1.807, 2.05) is 12.1 Å². The van der Waals surface area contributed by atoms with Crippen molar-refractivity contribution in [2.24, 2.45) is 0 Å². The summed E-state index contributed by atoms with van der Waals surface area (Å²) in [4.78, 5) is 0.774. The highest BCUT2D eigenvalue weighted by Crippen LogP contribution is 2.28. The van der Waals surface area contributed by atoms with Gasteiger partial charge in [-0.25, -0.2) is 4.39 Å². The van der Waals surface area contributed by atoms with Crippen LogP contribution in [0.5, 0.6) is 0 Å². The Morgan fingerprint density at radius 2 is 2.23 bits per heavy atom. The van der Waals surface area contributed by atoms with Gasteiger partial charge < -0.3 is 5.32 Å². The van der Waals surface area contributed by atoms with Gasteiger partial charge in [-0.15, -0.1) is 11.8 Å². The first kappa shape index (κ1) is 9.03. The lowest BCUT2D eigenvalue weighted by Crippen LogP contribution is -2.10. The number of rotatable bonds is 2. The molecule has 0 spiro atoms. The van der Waals surface area contributed by atoms with Crippen molar-refractivity contribution < 1.29 is 4.39 Å². The molecule has 0 unspecified atom stereocenters. The van der Waals surface area contributed by atoms with Gasteiger partial charge in [0.15, 0.2) is 0 Å². The van der Waals surface area contributed by atoms with Gasteiger partial charge in [-0.1, -0.05) is 12.1 Å². The Hall–Kier alpha value is -0.540. The number of thioether (sulfide) groups is 1. The highest BCUT2D eigenvalue weighted by molar-refractivity contribution is 8.00. The molecule has 1 nitrogen and oxygen atoms in total. The van der Waals surface area contributed by atoms with Gasteiger partial charge in [0.2, 0.25) is 0 Å². The second-order valence-corrected chi connectivity index (χ2v) is 4.51. The van der Waals surface area contributed by atoms with Gasteiger partial charge in [-0.05, 0) is 25.1 Å². The molecule has 3 heteroatoms. The smallest absolute Gasteiger partial charge is 0.136 e. The van der Waals surface area contributed by atoms with E-state index in [-0.39, 0.29) is 5.82 Å². The average Bonchev–Trinajstić information content (AvgIpc) is 2.61. The number of nitrogens with one attached hydrogen (secondary N) is 1. The fraction of sp³-hybridized carbons (Fsp3) is 0.400. The molecule has 13 heavy (non-hydrogen) atoms. The molecule has 1 aliphatic rings. The van der Waals surface area contributed by atoms with Crippen LogP contribution in [-0.2, 0) is 0 Å². The van der Waals surface area contributed by atoms with Gasteiger partial charge in [0, 0.05) is 16.7 Å².